The normalized spacial score (nSPS) is 11.3. The Morgan fingerprint density at radius 1 is 0.862 bits per heavy atom. The van der Waals surface area contributed by atoms with Crippen molar-refractivity contribution in [3.05, 3.63) is 94.9 Å². The molecule has 1 aromatic heterocycles. The van der Waals surface area contributed by atoms with Gasteiger partial charge in [-0.15, -0.1) is 11.8 Å². The smallest absolute Gasteiger partial charge is 0.393 e. The van der Waals surface area contributed by atoms with Gasteiger partial charge in [-0.3, -0.25) is 0 Å². The van der Waals surface area contributed by atoms with Gasteiger partial charge in [0, 0.05) is 16.3 Å². The van der Waals surface area contributed by atoms with Crippen molar-refractivity contribution in [3.8, 4) is 0 Å². The molecule has 0 saturated heterocycles. The molecule has 0 bridgehead atoms. The van der Waals surface area contributed by atoms with Gasteiger partial charge in [0.05, 0.1) is 0 Å². The van der Waals surface area contributed by atoms with E-state index in [1.807, 2.05) is 24.3 Å². The Hall–Kier alpha value is -2.57. The first kappa shape index (κ1) is 19.7. The maximum Gasteiger partial charge on any atom is 0.393 e. The minimum absolute atomic E-state index is 0.358. The SMILES string of the molecule is CCSc1ccc2cc([S+](c3ccc(F)cc3)c3ccc(F)cc3)c(=O)oc2c1. The number of rotatable bonds is 5. The van der Waals surface area contributed by atoms with Crippen molar-refractivity contribution in [3.63, 3.8) is 0 Å². The first-order valence-corrected chi connectivity index (χ1v) is 11.2. The molecule has 0 aliphatic rings. The third-order valence-corrected chi connectivity index (χ3v) is 7.39. The Balaban J connectivity index is 1.89. The van der Waals surface area contributed by atoms with E-state index in [1.165, 1.54) is 24.3 Å². The molecule has 0 N–H and O–H groups in total. The van der Waals surface area contributed by atoms with Crippen LogP contribution in [-0.4, -0.2) is 5.75 Å². The minimum Gasteiger partial charge on any atom is -0.419 e. The van der Waals surface area contributed by atoms with Crippen LogP contribution in [-0.2, 0) is 10.9 Å². The first-order chi connectivity index (χ1) is 14.0. The average Bonchev–Trinajstić information content (AvgIpc) is 2.71. The zero-order valence-corrected chi connectivity index (χ0v) is 17.2. The highest BCUT2D eigenvalue weighted by Crippen LogP contribution is 2.32. The Kier molecular flexibility index (Phi) is 5.74. The molecule has 0 unspecified atom stereocenters. The maximum absolute atomic E-state index is 13.5. The highest BCUT2D eigenvalue weighted by Gasteiger charge is 2.33. The number of benzene rings is 3. The topological polar surface area (TPSA) is 30.2 Å². The van der Waals surface area contributed by atoms with Crippen LogP contribution in [0.1, 0.15) is 6.92 Å². The van der Waals surface area contributed by atoms with Crippen LogP contribution < -0.4 is 5.63 Å². The Morgan fingerprint density at radius 3 is 2.00 bits per heavy atom. The summed E-state index contributed by atoms with van der Waals surface area (Å²) >= 11 is 1.67. The lowest BCUT2D eigenvalue weighted by Gasteiger charge is -2.08. The second kappa shape index (κ2) is 8.43. The molecule has 0 saturated carbocycles. The van der Waals surface area contributed by atoms with Crippen LogP contribution in [0.15, 0.2) is 102 Å². The molecule has 0 amide bonds. The van der Waals surface area contributed by atoms with Crippen molar-refractivity contribution in [2.24, 2.45) is 0 Å². The highest BCUT2D eigenvalue weighted by molar-refractivity contribution is 7.99. The fourth-order valence-corrected chi connectivity index (χ4v) is 5.74. The van der Waals surface area contributed by atoms with Crippen molar-refractivity contribution in [2.75, 3.05) is 5.75 Å². The summed E-state index contributed by atoms with van der Waals surface area (Å²) in [5.74, 6) is 0.206. The van der Waals surface area contributed by atoms with Crippen LogP contribution in [0, 0.1) is 11.6 Å². The van der Waals surface area contributed by atoms with E-state index in [-0.39, 0.29) is 11.6 Å². The summed E-state index contributed by atoms with van der Waals surface area (Å²) in [6.45, 7) is 2.06. The first-order valence-electron chi connectivity index (χ1n) is 9.01. The van der Waals surface area contributed by atoms with E-state index in [0.29, 0.717) is 10.5 Å². The van der Waals surface area contributed by atoms with Gasteiger partial charge < -0.3 is 4.42 Å². The third-order valence-electron chi connectivity index (χ3n) is 4.31. The monoisotopic (exact) mass is 427 g/mol. The molecule has 0 aliphatic carbocycles. The molecule has 0 aliphatic heterocycles. The van der Waals surface area contributed by atoms with Crippen LogP contribution in [0.2, 0.25) is 0 Å². The van der Waals surface area contributed by atoms with E-state index in [1.54, 1.807) is 36.0 Å². The van der Waals surface area contributed by atoms with E-state index in [4.69, 9.17) is 4.42 Å². The van der Waals surface area contributed by atoms with Gasteiger partial charge in [0.1, 0.15) is 28.1 Å². The number of hydrogen-bond acceptors (Lipinski definition) is 3. The van der Waals surface area contributed by atoms with Crippen molar-refractivity contribution in [1.82, 2.24) is 0 Å². The Morgan fingerprint density at radius 2 is 1.45 bits per heavy atom. The summed E-state index contributed by atoms with van der Waals surface area (Å²) < 4.78 is 32.6. The van der Waals surface area contributed by atoms with Crippen LogP contribution in [0.3, 0.4) is 0 Å². The van der Waals surface area contributed by atoms with Crippen molar-refractivity contribution in [2.45, 2.75) is 26.5 Å². The molecule has 0 fully saturated rings. The quantitative estimate of drug-likeness (QED) is 0.213. The predicted octanol–water partition coefficient (Wildman–Crippen LogP) is 6.28. The summed E-state index contributed by atoms with van der Waals surface area (Å²) in [5.41, 5.74) is 0.0760. The summed E-state index contributed by atoms with van der Waals surface area (Å²) in [6, 6.07) is 19.6. The molecule has 29 heavy (non-hydrogen) atoms. The van der Waals surface area contributed by atoms with Gasteiger partial charge in [-0.25, -0.2) is 13.6 Å². The van der Waals surface area contributed by atoms with Gasteiger partial charge in [-0.2, -0.15) is 0 Å². The molecule has 0 spiro atoms. The van der Waals surface area contributed by atoms with Gasteiger partial charge >= 0.3 is 5.63 Å². The maximum atomic E-state index is 13.5. The van der Waals surface area contributed by atoms with Crippen LogP contribution in [0.25, 0.3) is 11.0 Å². The summed E-state index contributed by atoms with van der Waals surface area (Å²) in [6.07, 6.45) is 0. The molecule has 4 rings (SSSR count). The molecule has 2 nitrogen and oxygen atoms in total. The summed E-state index contributed by atoms with van der Waals surface area (Å²) in [5, 5.41) is 0.807. The zero-order valence-electron chi connectivity index (χ0n) is 15.5. The molecule has 6 heteroatoms. The van der Waals surface area contributed by atoms with Gasteiger partial charge in [-0.05, 0) is 72.5 Å². The highest BCUT2D eigenvalue weighted by atomic mass is 32.2. The van der Waals surface area contributed by atoms with E-state index in [9.17, 15) is 13.6 Å². The lowest BCUT2D eigenvalue weighted by atomic mass is 10.2. The molecule has 1 heterocycles. The van der Waals surface area contributed by atoms with E-state index in [2.05, 4.69) is 6.92 Å². The second-order valence-corrected chi connectivity index (χ2v) is 9.58. The Labute approximate surface area is 173 Å². The van der Waals surface area contributed by atoms with E-state index < -0.39 is 16.5 Å². The molecule has 0 atom stereocenters. The fraction of sp³-hybridized carbons (Fsp3) is 0.0870. The fourth-order valence-electron chi connectivity index (χ4n) is 3.00. The lowest BCUT2D eigenvalue weighted by Crippen LogP contribution is -2.15. The molecule has 4 aromatic rings. The predicted molar refractivity (Wildman–Crippen MR) is 114 cm³/mol. The van der Waals surface area contributed by atoms with E-state index >= 15 is 0 Å². The zero-order chi connectivity index (χ0) is 20.4. The number of thioether (sulfide) groups is 1. The van der Waals surface area contributed by atoms with Crippen molar-refractivity contribution in [1.29, 1.82) is 0 Å². The molecule has 3 aromatic carbocycles. The van der Waals surface area contributed by atoms with Crippen LogP contribution >= 0.6 is 11.8 Å². The number of halogens is 2. The molecule has 146 valence electrons. The third kappa shape index (κ3) is 4.23. The average molecular weight is 428 g/mol. The van der Waals surface area contributed by atoms with Crippen molar-refractivity contribution < 1.29 is 13.2 Å². The summed E-state index contributed by atoms with van der Waals surface area (Å²) in [7, 11) is -0.852. The number of fused-ring (bicyclic) bond motifs is 1. The van der Waals surface area contributed by atoms with Gasteiger partial charge in [0.25, 0.3) is 4.90 Å². The Bertz CT molecular complexity index is 1160. The number of hydrogen-bond donors (Lipinski definition) is 0. The van der Waals surface area contributed by atoms with E-state index in [0.717, 1.165) is 25.8 Å². The minimum atomic E-state index is -0.852. The molecular weight excluding hydrogens is 410 g/mol. The van der Waals surface area contributed by atoms with Gasteiger partial charge in [0.15, 0.2) is 9.79 Å². The standard InChI is InChI=1S/C23H17F2O2S2/c1-2-28-18-8-3-15-13-22(23(26)27-21(15)14-18)29(19-9-4-16(24)5-10-19)20-11-6-17(25)7-12-20/h3-14H,2H2,1H3/q+1. The van der Waals surface area contributed by atoms with Gasteiger partial charge in [-0.1, -0.05) is 6.92 Å². The van der Waals surface area contributed by atoms with Gasteiger partial charge in [0.2, 0.25) is 0 Å². The second-order valence-electron chi connectivity index (χ2n) is 6.24. The molecule has 0 radical (unpaired) electrons. The van der Waals surface area contributed by atoms with Crippen molar-refractivity contribution >= 4 is 33.6 Å². The largest absolute Gasteiger partial charge is 0.419 e. The lowest BCUT2D eigenvalue weighted by molar-refractivity contribution is 0.542. The summed E-state index contributed by atoms with van der Waals surface area (Å²) in [4.78, 5) is 15.9. The van der Waals surface area contributed by atoms with Crippen LogP contribution in [0.4, 0.5) is 8.78 Å². The molecular formula is C23H17F2O2S2+. The van der Waals surface area contributed by atoms with Crippen LogP contribution in [0.5, 0.6) is 0 Å².